The summed E-state index contributed by atoms with van der Waals surface area (Å²) in [6.07, 6.45) is 0. The highest BCUT2D eigenvalue weighted by atomic mass is 35.5. The summed E-state index contributed by atoms with van der Waals surface area (Å²) in [5.41, 5.74) is 3.40. The van der Waals surface area contributed by atoms with E-state index in [2.05, 4.69) is 15.2 Å². The summed E-state index contributed by atoms with van der Waals surface area (Å²) in [6, 6.07) is 4.03. The van der Waals surface area contributed by atoms with Gasteiger partial charge in [-0.05, 0) is 48.9 Å². The molecule has 4 rings (SSSR count). The molecule has 6 nitrogen and oxygen atoms in total. The minimum Gasteiger partial charge on any atom is -0.322 e. The summed E-state index contributed by atoms with van der Waals surface area (Å²) >= 11 is 7.20. The van der Waals surface area contributed by atoms with Gasteiger partial charge in [-0.25, -0.2) is 9.97 Å². The third-order valence-corrected chi connectivity index (χ3v) is 5.20. The molecule has 0 N–H and O–H groups in total. The number of nitrogens with zero attached hydrogens (tertiary/aromatic N) is 5. The van der Waals surface area contributed by atoms with E-state index in [1.165, 1.54) is 17.3 Å². The van der Waals surface area contributed by atoms with Crippen molar-refractivity contribution in [2.45, 2.75) is 24.4 Å². The van der Waals surface area contributed by atoms with Crippen molar-refractivity contribution in [3.63, 3.8) is 0 Å². The molecule has 8 heteroatoms. The summed E-state index contributed by atoms with van der Waals surface area (Å²) in [6.45, 7) is 4.09. The maximum atomic E-state index is 12.3. The van der Waals surface area contributed by atoms with Crippen molar-refractivity contribution in [3.05, 3.63) is 34.0 Å². The number of azo groups is 1. The number of aromatic nitrogens is 2. The lowest BCUT2D eigenvalue weighted by molar-refractivity contribution is -0.115. The molecule has 2 aliphatic rings. The number of rotatable bonds is 0. The number of alkyl halides is 1. The van der Waals surface area contributed by atoms with Gasteiger partial charge in [0.25, 0.3) is 0 Å². The van der Waals surface area contributed by atoms with E-state index < -0.39 is 5.50 Å². The average molecular weight is 346 g/mol. The molecule has 1 aromatic carbocycles. The van der Waals surface area contributed by atoms with Crippen LogP contribution in [0.25, 0.3) is 11.0 Å². The predicted octanol–water partition coefficient (Wildman–Crippen LogP) is 3.56. The van der Waals surface area contributed by atoms with Crippen LogP contribution in [0.1, 0.15) is 11.1 Å². The molecule has 0 unspecified atom stereocenters. The van der Waals surface area contributed by atoms with Crippen LogP contribution in [-0.2, 0) is 4.79 Å². The highest BCUT2D eigenvalue weighted by Crippen LogP contribution is 2.44. The van der Waals surface area contributed by atoms with E-state index in [-0.39, 0.29) is 5.78 Å². The fourth-order valence-electron chi connectivity index (χ4n) is 2.57. The van der Waals surface area contributed by atoms with Gasteiger partial charge in [0.05, 0.1) is 11.0 Å². The zero-order valence-corrected chi connectivity index (χ0v) is 14.2. The van der Waals surface area contributed by atoms with Crippen molar-refractivity contribution in [1.82, 2.24) is 9.97 Å². The Hall–Kier alpha value is -1.99. The summed E-state index contributed by atoms with van der Waals surface area (Å²) < 4.78 is 0. The Bertz CT molecular complexity index is 939. The molecular weight excluding hydrogens is 334 g/mol. The number of likely N-dealkylation sites (N-methyl/N-ethyl adjacent to an activating group) is 1. The molecule has 2 aliphatic heterocycles. The van der Waals surface area contributed by atoms with Crippen LogP contribution in [0, 0.1) is 13.8 Å². The summed E-state index contributed by atoms with van der Waals surface area (Å²) in [4.78, 5) is 23.4. The van der Waals surface area contributed by atoms with E-state index in [1.54, 1.807) is 11.9 Å². The Morgan fingerprint density at radius 3 is 2.52 bits per heavy atom. The molecular formula is C15H12ClN5OS. The number of aryl methyl sites for hydroxylation is 2. The molecule has 0 aliphatic carbocycles. The van der Waals surface area contributed by atoms with Gasteiger partial charge in [0.2, 0.25) is 11.3 Å². The summed E-state index contributed by atoms with van der Waals surface area (Å²) in [5, 5.41) is 9.05. The van der Waals surface area contributed by atoms with E-state index in [0.29, 0.717) is 21.6 Å². The van der Waals surface area contributed by atoms with Gasteiger partial charge in [-0.1, -0.05) is 11.6 Å². The summed E-state index contributed by atoms with van der Waals surface area (Å²) in [5.74, 6) is 0.373. The van der Waals surface area contributed by atoms with Crippen LogP contribution in [0.4, 0.5) is 5.82 Å². The number of thioether (sulfide) groups is 1. The Labute approximate surface area is 141 Å². The van der Waals surface area contributed by atoms with Crippen molar-refractivity contribution in [1.29, 1.82) is 0 Å². The van der Waals surface area contributed by atoms with E-state index in [1.807, 2.05) is 26.0 Å². The lowest BCUT2D eigenvalue weighted by Gasteiger charge is -2.29. The highest BCUT2D eigenvalue weighted by molar-refractivity contribution is 8.03. The van der Waals surface area contributed by atoms with Crippen LogP contribution in [0.2, 0.25) is 0 Å². The molecule has 0 radical (unpaired) electrons. The zero-order valence-electron chi connectivity index (χ0n) is 12.7. The number of carbonyl (C=O) groups is 1. The van der Waals surface area contributed by atoms with Gasteiger partial charge in [0, 0.05) is 7.05 Å². The lowest BCUT2D eigenvalue weighted by Crippen LogP contribution is -2.33. The van der Waals surface area contributed by atoms with Crippen LogP contribution in [0.15, 0.2) is 38.1 Å². The molecule has 0 bridgehead atoms. The van der Waals surface area contributed by atoms with Gasteiger partial charge in [-0.15, -0.1) is 5.11 Å². The van der Waals surface area contributed by atoms with E-state index in [9.17, 15) is 4.79 Å². The van der Waals surface area contributed by atoms with Gasteiger partial charge >= 0.3 is 0 Å². The second-order valence-corrected chi connectivity index (χ2v) is 6.90. The molecule has 0 spiro atoms. The molecule has 1 aromatic heterocycles. The molecule has 0 amide bonds. The van der Waals surface area contributed by atoms with E-state index in [0.717, 1.165) is 16.6 Å². The van der Waals surface area contributed by atoms with Crippen molar-refractivity contribution in [2.24, 2.45) is 10.2 Å². The quantitative estimate of drug-likeness (QED) is 0.539. The average Bonchev–Trinajstić information content (AvgIpc) is 2.51. The standard InChI is InChI=1S/C15H12ClN5OS/c1-6-4-8-9(5-7(6)2)18-15-13(17-8)21(3)10-11(22)12(16)19-20-14(10)23-15/h4-5,12H,1-3H3/t12-/m0/s1. The Morgan fingerprint density at radius 2 is 1.83 bits per heavy atom. The van der Waals surface area contributed by atoms with Gasteiger partial charge in [0.1, 0.15) is 10.7 Å². The SMILES string of the molecule is Cc1cc2nc3c(nc2cc1C)N(C)C1=C(N=N[C@H](Cl)C1=O)S3. The van der Waals surface area contributed by atoms with Crippen LogP contribution >= 0.6 is 23.4 Å². The third-order valence-electron chi connectivity index (χ3n) is 3.98. The maximum absolute atomic E-state index is 12.3. The number of halogens is 1. The molecule has 0 saturated carbocycles. The minimum absolute atomic E-state index is 0.265. The number of ketones is 1. The second-order valence-electron chi connectivity index (χ2n) is 5.51. The Balaban J connectivity index is 1.91. The third kappa shape index (κ3) is 2.14. The van der Waals surface area contributed by atoms with Gasteiger partial charge in [-0.3, -0.25) is 4.79 Å². The van der Waals surface area contributed by atoms with Gasteiger partial charge in [-0.2, -0.15) is 5.11 Å². The van der Waals surface area contributed by atoms with Gasteiger partial charge in [0.15, 0.2) is 10.8 Å². The van der Waals surface area contributed by atoms with Gasteiger partial charge < -0.3 is 4.90 Å². The van der Waals surface area contributed by atoms with E-state index >= 15 is 0 Å². The molecule has 23 heavy (non-hydrogen) atoms. The van der Waals surface area contributed by atoms with Crippen LogP contribution in [0.3, 0.4) is 0 Å². The first-order valence-corrected chi connectivity index (χ1v) is 8.25. The van der Waals surface area contributed by atoms with Crippen LogP contribution < -0.4 is 4.90 Å². The molecule has 0 fully saturated rings. The van der Waals surface area contributed by atoms with Crippen molar-refractivity contribution >= 4 is 46.0 Å². The first kappa shape index (κ1) is 14.6. The normalized spacial score (nSPS) is 20.1. The van der Waals surface area contributed by atoms with Crippen molar-refractivity contribution < 1.29 is 4.79 Å². The number of hydrogen-bond donors (Lipinski definition) is 0. The van der Waals surface area contributed by atoms with Crippen molar-refractivity contribution in [3.8, 4) is 0 Å². The maximum Gasteiger partial charge on any atom is 0.223 e. The largest absolute Gasteiger partial charge is 0.322 e. The molecule has 116 valence electrons. The number of carbonyl (C=O) groups excluding carboxylic acids is 1. The summed E-state index contributed by atoms with van der Waals surface area (Å²) in [7, 11) is 1.78. The Morgan fingerprint density at radius 1 is 1.17 bits per heavy atom. The molecule has 2 aromatic rings. The smallest absolute Gasteiger partial charge is 0.223 e. The molecule has 3 heterocycles. The molecule has 1 atom stereocenters. The first-order chi connectivity index (χ1) is 11.0. The van der Waals surface area contributed by atoms with Crippen LogP contribution in [-0.4, -0.2) is 28.3 Å². The Kier molecular flexibility index (Phi) is 3.18. The number of Topliss-reactive ketones (excluding diaryl/α,β-unsaturated/α-hetero) is 1. The lowest BCUT2D eigenvalue weighted by atomic mass is 10.1. The number of anilines is 1. The monoisotopic (exact) mass is 345 g/mol. The second kappa shape index (κ2) is 5.01. The highest BCUT2D eigenvalue weighted by Gasteiger charge is 2.36. The number of fused-ring (bicyclic) bond motifs is 2. The topological polar surface area (TPSA) is 70.8 Å². The predicted molar refractivity (Wildman–Crippen MR) is 89.8 cm³/mol. The first-order valence-electron chi connectivity index (χ1n) is 6.99. The van der Waals surface area contributed by atoms with Crippen LogP contribution in [0.5, 0.6) is 0 Å². The number of benzene rings is 1. The van der Waals surface area contributed by atoms with E-state index in [4.69, 9.17) is 16.6 Å². The fourth-order valence-corrected chi connectivity index (χ4v) is 3.74. The zero-order chi connectivity index (χ0) is 16.3. The minimum atomic E-state index is -0.975. The molecule has 0 saturated heterocycles. The van der Waals surface area contributed by atoms with Crippen molar-refractivity contribution in [2.75, 3.05) is 11.9 Å². The number of hydrogen-bond acceptors (Lipinski definition) is 7. The fraction of sp³-hybridized carbons (Fsp3) is 0.267.